The summed E-state index contributed by atoms with van der Waals surface area (Å²) in [7, 11) is 0. The molecule has 1 aliphatic heterocycles. The minimum Gasteiger partial charge on any atom is -0.393 e. The first-order chi connectivity index (χ1) is 19.0. The van der Waals surface area contributed by atoms with Crippen molar-refractivity contribution in [3.63, 3.8) is 0 Å². The van der Waals surface area contributed by atoms with Crippen LogP contribution in [0, 0.1) is 25.6 Å². The Morgan fingerprint density at radius 2 is 1.62 bits per heavy atom. The Bertz CT molecular complexity index is 981. The summed E-state index contributed by atoms with van der Waals surface area (Å²) < 4.78 is 13.6. The molecular formula is C36H58FNO2. The van der Waals surface area contributed by atoms with Crippen molar-refractivity contribution in [1.29, 1.82) is 0 Å². The molecule has 0 aliphatic carbocycles. The van der Waals surface area contributed by atoms with Gasteiger partial charge in [0.25, 0.3) is 0 Å². The third-order valence-corrected chi connectivity index (χ3v) is 6.85. The summed E-state index contributed by atoms with van der Waals surface area (Å²) in [6.07, 6.45) is 13.5. The molecule has 3 nitrogen and oxygen atoms in total. The molecule has 226 valence electrons. The maximum atomic E-state index is 13.6. The molecule has 0 bridgehead atoms. The van der Waals surface area contributed by atoms with Gasteiger partial charge in [-0.25, -0.2) is 4.39 Å². The monoisotopic (exact) mass is 555 g/mol. The van der Waals surface area contributed by atoms with Crippen LogP contribution in [-0.2, 0) is 0 Å². The second-order valence-corrected chi connectivity index (χ2v) is 11.0. The number of rotatable bonds is 9. The molecule has 0 saturated carbocycles. The van der Waals surface area contributed by atoms with Gasteiger partial charge in [-0.1, -0.05) is 109 Å². The van der Waals surface area contributed by atoms with Gasteiger partial charge in [-0.3, -0.25) is 4.79 Å². The van der Waals surface area contributed by atoms with Crippen LogP contribution in [0.5, 0.6) is 0 Å². The van der Waals surface area contributed by atoms with Crippen LogP contribution in [0.4, 0.5) is 10.1 Å². The molecule has 0 aromatic heterocycles. The van der Waals surface area contributed by atoms with Crippen molar-refractivity contribution in [2.75, 3.05) is 18.0 Å². The number of allylic oxidation sites excluding steroid dienone is 1. The van der Waals surface area contributed by atoms with Crippen LogP contribution in [-0.4, -0.2) is 30.1 Å². The number of aliphatic hydroxyl groups is 1. The van der Waals surface area contributed by atoms with Gasteiger partial charge in [0.2, 0.25) is 0 Å². The van der Waals surface area contributed by atoms with E-state index in [1.165, 1.54) is 37.7 Å². The Morgan fingerprint density at radius 1 is 1.02 bits per heavy atom. The predicted molar refractivity (Wildman–Crippen MR) is 174 cm³/mol. The second-order valence-electron chi connectivity index (χ2n) is 11.0. The minimum absolute atomic E-state index is 0.0509. The summed E-state index contributed by atoms with van der Waals surface area (Å²) in [4.78, 5) is 13.4. The van der Waals surface area contributed by atoms with Crippen LogP contribution in [0.25, 0.3) is 6.08 Å². The van der Waals surface area contributed by atoms with E-state index in [0.717, 1.165) is 54.7 Å². The van der Waals surface area contributed by atoms with E-state index in [4.69, 9.17) is 5.11 Å². The van der Waals surface area contributed by atoms with Gasteiger partial charge < -0.3 is 10.0 Å². The third kappa shape index (κ3) is 16.0. The van der Waals surface area contributed by atoms with Gasteiger partial charge >= 0.3 is 0 Å². The topological polar surface area (TPSA) is 40.5 Å². The number of Topliss-reactive ketones (excluding diaryl/α,β-unsaturated/α-hetero) is 1. The van der Waals surface area contributed by atoms with E-state index < -0.39 is 0 Å². The number of hydrogen-bond acceptors (Lipinski definition) is 3. The molecular weight excluding hydrogens is 497 g/mol. The van der Waals surface area contributed by atoms with Crippen LogP contribution in [0.2, 0.25) is 0 Å². The third-order valence-electron chi connectivity index (χ3n) is 6.85. The first-order valence-corrected chi connectivity index (χ1v) is 15.5. The Morgan fingerprint density at radius 3 is 2.05 bits per heavy atom. The summed E-state index contributed by atoms with van der Waals surface area (Å²) in [6, 6.07) is 11.3. The van der Waals surface area contributed by atoms with Crippen molar-refractivity contribution in [3.8, 4) is 0 Å². The highest BCUT2D eigenvalue weighted by atomic mass is 19.1. The van der Waals surface area contributed by atoms with Crippen molar-refractivity contribution in [2.45, 2.75) is 120 Å². The average molecular weight is 556 g/mol. The number of unbranched alkanes of at least 4 members (excludes halogenated alkanes) is 3. The standard InChI is InChI=1S/C12H16FN.C12H14O.C6H14O.C6H14/c1-9-3-4-12(11(13)7-9)14-6-5-10(2)8-14;1-4-5-11-8-9(2)6-7-12(11)10(3)13;1-3-5-6(7)4-2;1-3-5-6-4-2/h3-4,7,10H,5-6,8H2,1-2H3;4-8H,1-3H3;6-7H,3-5H2,1-2H3;3-6H2,1-2H3/b;5-4-;;. The number of anilines is 1. The lowest BCUT2D eigenvalue weighted by molar-refractivity contribution is 0.101. The largest absolute Gasteiger partial charge is 0.393 e. The highest BCUT2D eigenvalue weighted by Crippen LogP contribution is 2.26. The molecule has 1 fully saturated rings. The van der Waals surface area contributed by atoms with Crippen molar-refractivity contribution < 1.29 is 14.3 Å². The number of benzene rings is 2. The summed E-state index contributed by atoms with van der Waals surface area (Å²) in [6.45, 7) is 20.2. The number of ketones is 1. The van der Waals surface area contributed by atoms with Crippen LogP contribution in [0.3, 0.4) is 0 Å². The summed E-state index contributed by atoms with van der Waals surface area (Å²) in [5, 5.41) is 8.86. The number of hydrogen-bond donors (Lipinski definition) is 1. The predicted octanol–water partition coefficient (Wildman–Crippen LogP) is 10.4. The molecule has 2 atom stereocenters. The van der Waals surface area contributed by atoms with E-state index >= 15 is 0 Å². The van der Waals surface area contributed by atoms with E-state index in [9.17, 15) is 9.18 Å². The van der Waals surface area contributed by atoms with Gasteiger partial charge in [0, 0.05) is 18.7 Å². The van der Waals surface area contributed by atoms with Gasteiger partial charge in [0.05, 0.1) is 11.8 Å². The smallest absolute Gasteiger partial charge is 0.160 e. The van der Waals surface area contributed by atoms with Crippen molar-refractivity contribution in [1.82, 2.24) is 0 Å². The molecule has 1 aliphatic rings. The van der Waals surface area contributed by atoms with Crippen LogP contribution < -0.4 is 4.90 Å². The molecule has 3 rings (SSSR count). The summed E-state index contributed by atoms with van der Waals surface area (Å²) in [5.74, 6) is 0.725. The van der Waals surface area contributed by atoms with E-state index in [-0.39, 0.29) is 17.7 Å². The van der Waals surface area contributed by atoms with Crippen LogP contribution in [0.15, 0.2) is 42.5 Å². The molecule has 0 radical (unpaired) electrons. The quantitative estimate of drug-likeness (QED) is 0.247. The zero-order chi connectivity index (χ0) is 30.5. The van der Waals surface area contributed by atoms with Crippen molar-refractivity contribution >= 4 is 17.5 Å². The fourth-order valence-corrected chi connectivity index (χ4v) is 4.38. The van der Waals surface area contributed by atoms with Gasteiger partial charge in [0.15, 0.2) is 5.78 Å². The number of halogens is 1. The molecule has 4 heteroatoms. The minimum atomic E-state index is -0.0842. The number of carbonyl (C=O) groups excluding carboxylic acids is 1. The Balaban J connectivity index is 0.000000541. The zero-order valence-electron chi connectivity index (χ0n) is 27.0. The van der Waals surface area contributed by atoms with E-state index in [1.54, 1.807) is 13.0 Å². The maximum absolute atomic E-state index is 13.6. The number of aliphatic hydroxyl groups excluding tert-OH is 1. The number of aryl methyl sites for hydroxylation is 2. The van der Waals surface area contributed by atoms with Crippen molar-refractivity contribution in [3.05, 3.63) is 70.5 Å². The SMILES string of the molecule is C/C=C\c1cc(C)ccc1C(C)=O.CCCC(O)CC.CCCCCC.Cc1ccc(N2CCC(C)C2)c(F)c1. The first-order valence-electron chi connectivity index (χ1n) is 15.5. The highest BCUT2D eigenvalue weighted by molar-refractivity contribution is 5.97. The van der Waals surface area contributed by atoms with Gasteiger partial charge in [-0.2, -0.15) is 0 Å². The lowest BCUT2D eigenvalue weighted by Crippen LogP contribution is -2.20. The lowest BCUT2D eigenvalue weighted by atomic mass is 10.0. The van der Waals surface area contributed by atoms with Gasteiger partial charge in [-0.15, -0.1) is 0 Å². The fourth-order valence-electron chi connectivity index (χ4n) is 4.38. The zero-order valence-corrected chi connectivity index (χ0v) is 27.0. The molecule has 2 aromatic rings. The summed E-state index contributed by atoms with van der Waals surface area (Å²) in [5.41, 5.74) is 4.73. The van der Waals surface area contributed by atoms with Crippen LogP contribution >= 0.6 is 0 Å². The average Bonchev–Trinajstić information content (AvgIpc) is 3.34. The molecule has 2 unspecified atom stereocenters. The van der Waals surface area contributed by atoms with Crippen LogP contribution in [0.1, 0.15) is 127 Å². The Kier molecular flexibility index (Phi) is 20.9. The molecule has 1 N–H and O–H groups in total. The van der Waals surface area contributed by atoms with E-state index in [0.29, 0.717) is 5.92 Å². The molecule has 1 heterocycles. The molecule has 0 spiro atoms. The highest BCUT2D eigenvalue weighted by Gasteiger charge is 2.20. The second kappa shape index (κ2) is 22.3. The Labute approximate surface area is 245 Å². The first kappa shape index (κ1) is 37.5. The van der Waals surface area contributed by atoms with E-state index in [1.807, 2.05) is 70.2 Å². The Hall–Kier alpha value is -2.46. The molecule has 0 amide bonds. The molecule has 1 saturated heterocycles. The lowest BCUT2D eigenvalue weighted by Gasteiger charge is -2.18. The summed E-state index contributed by atoms with van der Waals surface area (Å²) >= 11 is 0. The van der Waals surface area contributed by atoms with Crippen molar-refractivity contribution in [2.24, 2.45) is 5.92 Å². The van der Waals surface area contributed by atoms with Gasteiger partial charge in [0.1, 0.15) is 5.82 Å². The molecule has 40 heavy (non-hydrogen) atoms. The van der Waals surface area contributed by atoms with Gasteiger partial charge in [-0.05, 0) is 76.1 Å². The normalized spacial score (nSPS) is 14.9. The maximum Gasteiger partial charge on any atom is 0.160 e. The number of nitrogens with zero attached hydrogens (tertiary/aromatic N) is 1. The number of carbonyl (C=O) groups is 1. The van der Waals surface area contributed by atoms with E-state index in [2.05, 4.69) is 32.6 Å². The molecule has 2 aromatic carbocycles. The fraction of sp³-hybridized carbons (Fsp3) is 0.583.